The maximum absolute atomic E-state index is 12.8. The molecule has 1 saturated heterocycles. The lowest BCUT2D eigenvalue weighted by molar-refractivity contribution is 0.0810. The van der Waals surface area contributed by atoms with Crippen molar-refractivity contribution in [3.05, 3.63) is 58.6 Å². The highest BCUT2D eigenvalue weighted by Gasteiger charge is 2.28. The molecule has 0 bridgehead atoms. The lowest BCUT2D eigenvalue weighted by Crippen LogP contribution is -2.38. The van der Waals surface area contributed by atoms with E-state index in [4.69, 9.17) is 21.1 Å². The van der Waals surface area contributed by atoms with Gasteiger partial charge in [-0.25, -0.2) is 0 Å². The number of hydrogen-bond donors (Lipinski definition) is 0. The number of rotatable bonds is 4. The number of hydrogen-bond acceptors (Lipinski definition) is 4. The molecule has 0 N–H and O–H groups in total. The average Bonchev–Trinajstić information content (AvgIpc) is 3.11. The number of carbonyl (C=O) groups is 1. The number of Topliss-reactive ketones (excluding diaryl/α,β-unsaturated/α-hetero) is 1. The zero-order valence-electron chi connectivity index (χ0n) is 13.9. The Morgan fingerprint density at radius 3 is 2.96 bits per heavy atom. The van der Waals surface area contributed by atoms with Gasteiger partial charge in [-0.05, 0) is 37.6 Å². The van der Waals surface area contributed by atoms with Crippen LogP contribution in [-0.4, -0.2) is 30.6 Å². The van der Waals surface area contributed by atoms with Gasteiger partial charge in [0.1, 0.15) is 0 Å². The molecule has 1 fully saturated rings. The fourth-order valence-corrected chi connectivity index (χ4v) is 3.84. The number of benzene rings is 2. The first-order valence-corrected chi connectivity index (χ1v) is 8.98. The molecule has 0 aliphatic carbocycles. The van der Waals surface area contributed by atoms with Gasteiger partial charge in [0.2, 0.25) is 6.79 Å². The van der Waals surface area contributed by atoms with Crippen LogP contribution in [0, 0.1) is 5.92 Å². The highest BCUT2D eigenvalue weighted by atomic mass is 35.5. The molecule has 2 aliphatic heterocycles. The van der Waals surface area contributed by atoms with Crippen molar-refractivity contribution in [2.75, 3.05) is 19.9 Å². The molecular weight excluding hydrogens is 338 g/mol. The third kappa shape index (κ3) is 3.51. The van der Waals surface area contributed by atoms with Crippen LogP contribution >= 0.6 is 11.6 Å². The summed E-state index contributed by atoms with van der Waals surface area (Å²) in [5.74, 6) is 1.85. The van der Waals surface area contributed by atoms with Crippen molar-refractivity contribution in [2.45, 2.75) is 19.4 Å². The number of ether oxygens (including phenoxy) is 2. The van der Waals surface area contributed by atoms with Crippen LogP contribution in [0.1, 0.15) is 28.8 Å². The molecule has 130 valence electrons. The first-order valence-electron chi connectivity index (χ1n) is 8.60. The van der Waals surface area contributed by atoms with E-state index < -0.39 is 0 Å². The molecule has 0 radical (unpaired) electrons. The Hall–Kier alpha value is -2.04. The zero-order chi connectivity index (χ0) is 17.2. The van der Waals surface area contributed by atoms with E-state index in [0.29, 0.717) is 10.6 Å². The Morgan fingerprint density at radius 1 is 1.20 bits per heavy atom. The summed E-state index contributed by atoms with van der Waals surface area (Å²) in [7, 11) is 0. The van der Waals surface area contributed by atoms with Crippen LogP contribution in [0.3, 0.4) is 0 Å². The number of fused-ring (bicyclic) bond motifs is 1. The molecule has 0 amide bonds. The molecule has 5 heteroatoms. The van der Waals surface area contributed by atoms with Gasteiger partial charge in [0, 0.05) is 35.2 Å². The topological polar surface area (TPSA) is 38.8 Å². The summed E-state index contributed by atoms with van der Waals surface area (Å²) in [6.07, 6.45) is 1.94. The number of ketones is 1. The van der Waals surface area contributed by atoms with Crippen LogP contribution in [0.4, 0.5) is 0 Å². The fraction of sp³-hybridized carbons (Fsp3) is 0.350. The smallest absolute Gasteiger partial charge is 0.231 e. The zero-order valence-corrected chi connectivity index (χ0v) is 14.7. The molecular formula is C20H20ClNO3. The molecule has 0 saturated carbocycles. The SMILES string of the molecule is O=C(c1cccc(Cl)c1)[C@H]1CCCN(Cc2cccc3c2OCO3)C1. The van der Waals surface area contributed by atoms with E-state index in [-0.39, 0.29) is 18.5 Å². The van der Waals surface area contributed by atoms with Crippen molar-refractivity contribution < 1.29 is 14.3 Å². The standard InChI is InChI=1S/C20H20ClNO3/c21-17-7-1-4-14(10-17)19(23)15-6-3-9-22(11-15)12-16-5-2-8-18-20(16)25-13-24-18/h1-2,4-5,7-8,10,15H,3,6,9,11-13H2/t15-/m0/s1. The minimum Gasteiger partial charge on any atom is -0.454 e. The molecule has 2 aromatic carbocycles. The molecule has 4 rings (SSSR count). The van der Waals surface area contributed by atoms with Crippen LogP contribution in [-0.2, 0) is 6.54 Å². The monoisotopic (exact) mass is 357 g/mol. The Labute approximate surface area is 152 Å². The summed E-state index contributed by atoms with van der Waals surface area (Å²) in [5.41, 5.74) is 1.82. The molecule has 0 spiro atoms. The second-order valence-corrected chi connectivity index (χ2v) is 7.04. The first kappa shape index (κ1) is 16.4. The third-order valence-electron chi connectivity index (χ3n) is 4.86. The Morgan fingerprint density at radius 2 is 2.08 bits per heavy atom. The van der Waals surface area contributed by atoms with E-state index in [0.717, 1.165) is 49.5 Å². The third-order valence-corrected chi connectivity index (χ3v) is 5.09. The van der Waals surface area contributed by atoms with E-state index in [9.17, 15) is 4.79 Å². The summed E-state index contributed by atoms with van der Waals surface area (Å²) in [4.78, 5) is 15.1. The normalized spacial score (nSPS) is 19.8. The summed E-state index contributed by atoms with van der Waals surface area (Å²) >= 11 is 6.03. The number of nitrogens with zero attached hydrogens (tertiary/aromatic N) is 1. The van der Waals surface area contributed by atoms with Crippen molar-refractivity contribution in [1.82, 2.24) is 4.90 Å². The average molecular weight is 358 g/mol. The quantitative estimate of drug-likeness (QED) is 0.770. The largest absolute Gasteiger partial charge is 0.454 e. The summed E-state index contributed by atoms with van der Waals surface area (Å²) in [6, 6.07) is 13.2. The van der Waals surface area contributed by atoms with E-state index >= 15 is 0 Å². The number of halogens is 1. The van der Waals surface area contributed by atoms with Gasteiger partial charge in [-0.2, -0.15) is 0 Å². The van der Waals surface area contributed by atoms with Gasteiger partial charge in [-0.3, -0.25) is 9.69 Å². The summed E-state index contributed by atoms with van der Waals surface area (Å²) < 4.78 is 11.0. The van der Waals surface area contributed by atoms with Gasteiger partial charge in [-0.1, -0.05) is 35.9 Å². The maximum Gasteiger partial charge on any atom is 0.231 e. The summed E-state index contributed by atoms with van der Waals surface area (Å²) in [5, 5.41) is 0.607. The number of likely N-dealkylation sites (tertiary alicyclic amines) is 1. The summed E-state index contributed by atoms with van der Waals surface area (Å²) in [6.45, 7) is 2.80. The van der Waals surface area contributed by atoms with Crippen LogP contribution in [0.5, 0.6) is 11.5 Å². The minimum absolute atomic E-state index is 0.0149. The van der Waals surface area contributed by atoms with Crippen molar-refractivity contribution >= 4 is 17.4 Å². The lowest BCUT2D eigenvalue weighted by atomic mass is 9.90. The molecule has 4 nitrogen and oxygen atoms in total. The van der Waals surface area contributed by atoms with Crippen molar-refractivity contribution in [3.63, 3.8) is 0 Å². The van der Waals surface area contributed by atoms with Gasteiger partial charge >= 0.3 is 0 Å². The first-order chi connectivity index (χ1) is 12.2. The predicted molar refractivity (Wildman–Crippen MR) is 96.3 cm³/mol. The molecule has 2 heterocycles. The van der Waals surface area contributed by atoms with Crippen molar-refractivity contribution in [3.8, 4) is 11.5 Å². The van der Waals surface area contributed by atoms with Crippen LogP contribution in [0.25, 0.3) is 0 Å². The molecule has 0 unspecified atom stereocenters. The molecule has 1 atom stereocenters. The van der Waals surface area contributed by atoms with Crippen LogP contribution in [0.2, 0.25) is 5.02 Å². The fourth-order valence-electron chi connectivity index (χ4n) is 3.65. The minimum atomic E-state index is 0.0149. The van der Waals surface area contributed by atoms with E-state index in [2.05, 4.69) is 11.0 Å². The van der Waals surface area contributed by atoms with E-state index in [1.165, 1.54) is 0 Å². The molecule has 25 heavy (non-hydrogen) atoms. The number of piperidine rings is 1. The molecule has 2 aliphatic rings. The van der Waals surface area contributed by atoms with Crippen LogP contribution in [0.15, 0.2) is 42.5 Å². The van der Waals surface area contributed by atoms with E-state index in [1.54, 1.807) is 12.1 Å². The lowest BCUT2D eigenvalue weighted by Gasteiger charge is -2.32. The Balaban J connectivity index is 1.46. The van der Waals surface area contributed by atoms with Gasteiger partial charge in [0.05, 0.1) is 0 Å². The molecule has 2 aromatic rings. The van der Waals surface area contributed by atoms with E-state index in [1.807, 2.05) is 24.3 Å². The number of para-hydroxylation sites is 1. The highest BCUT2D eigenvalue weighted by Crippen LogP contribution is 2.36. The van der Waals surface area contributed by atoms with Crippen LogP contribution < -0.4 is 9.47 Å². The Bertz CT molecular complexity index is 792. The van der Waals surface area contributed by atoms with Crippen molar-refractivity contribution in [1.29, 1.82) is 0 Å². The van der Waals surface area contributed by atoms with Gasteiger partial charge in [0.25, 0.3) is 0 Å². The molecule has 0 aromatic heterocycles. The van der Waals surface area contributed by atoms with Crippen molar-refractivity contribution in [2.24, 2.45) is 5.92 Å². The second kappa shape index (κ2) is 7.06. The predicted octanol–water partition coefficient (Wildman–Crippen LogP) is 4.16. The second-order valence-electron chi connectivity index (χ2n) is 6.60. The van der Waals surface area contributed by atoms with Gasteiger partial charge < -0.3 is 9.47 Å². The number of carbonyl (C=O) groups excluding carboxylic acids is 1. The highest BCUT2D eigenvalue weighted by molar-refractivity contribution is 6.31. The van der Waals surface area contributed by atoms with Gasteiger partial charge in [0.15, 0.2) is 17.3 Å². The Kier molecular flexibility index (Phi) is 4.64. The maximum atomic E-state index is 12.8. The van der Waals surface area contributed by atoms with Gasteiger partial charge in [-0.15, -0.1) is 0 Å².